The van der Waals surface area contributed by atoms with Crippen LogP contribution in [0.4, 0.5) is 4.39 Å². The van der Waals surface area contributed by atoms with Crippen LogP contribution in [0.5, 0.6) is 0 Å². The minimum Gasteiger partial charge on any atom is -0.303 e. The molecule has 0 spiro atoms. The Morgan fingerprint density at radius 3 is 2.15 bits per heavy atom. The lowest BCUT2D eigenvalue weighted by Crippen LogP contribution is -2.40. The molecule has 0 unspecified atom stereocenters. The zero-order valence-corrected chi connectivity index (χ0v) is 16.7. The first kappa shape index (κ1) is 22.8. The number of piperidine rings is 1. The van der Waals surface area contributed by atoms with Gasteiger partial charge in [0.15, 0.2) is 9.84 Å². The molecular formula is C18H23Cl2FN2O2S. The standard InChI is InChI=1S/C18H21FN2O2S.2ClH/c19-16-3-1-15(2-4-16)7-12-21-13-8-18(9-14-21)24(22,23)17-5-10-20-11-6-17;;/h1-6,10-11,18H,7-9,12-14H2;2*1H. The summed E-state index contributed by atoms with van der Waals surface area (Å²) in [5.74, 6) is -0.221. The van der Waals surface area contributed by atoms with Crippen LogP contribution in [0.2, 0.25) is 0 Å². The molecule has 8 heteroatoms. The fraction of sp³-hybridized carbons (Fsp3) is 0.389. The Balaban J connectivity index is 0.00000169. The Morgan fingerprint density at radius 2 is 1.58 bits per heavy atom. The summed E-state index contributed by atoms with van der Waals surface area (Å²) < 4.78 is 38.2. The molecule has 26 heavy (non-hydrogen) atoms. The Bertz CT molecular complexity index is 766. The minimum atomic E-state index is -3.27. The second kappa shape index (κ2) is 10.2. The van der Waals surface area contributed by atoms with Crippen LogP contribution in [0.1, 0.15) is 18.4 Å². The lowest BCUT2D eigenvalue weighted by atomic mass is 10.1. The molecule has 0 atom stereocenters. The molecule has 1 aliphatic heterocycles. The molecule has 1 fully saturated rings. The van der Waals surface area contributed by atoms with Gasteiger partial charge in [-0.15, -0.1) is 24.8 Å². The molecule has 1 aliphatic rings. The summed E-state index contributed by atoms with van der Waals surface area (Å²) in [4.78, 5) is 6.52. The van der Waals surface area contributed by atoms with E-state index >= 15 is 0 Å². The second-order valence-electron chi connectivity index (χ2n) is 6.15. The second-order valence-corrected chi connectivity index (χ2v) is 8.37. The highest BCUT2D eigenvalue weighted by atomic mass is 35.5. The van der Waals surface area contributed by atoms with E-state index in [1.54, 1.807) is 24.3 Å². The fourth-order valence-electron chi connectivity index (χ4n) is 3.10. The molecule has 2 aromatic rings. The van der Waals surface area contributed by atoms with Gasteiger partial charge in [0.05, 0.1) is 10.1 Å². The largest absolute Gasteiger partial charge is 0.303 e. The topological polar surface area (TPSA) is 50.3 Å². The van der Waals surface area contributed by atoms with Crippen molar-refractivity contribution in [2.45, 2.75) is 29.4 Å². The average molecular weight is 421 g/mol. The van der Waals surface area contributed by atoms with Gasteiger partial charge in [-0.25, -0.2) is 12.8 Å². The number of halogens is 3. The highest BCUT2D eigenvalue weighted by molar-refractivity contribution is 7.92. The molecule has 0 radical (unpaired) electrons. The summed E-state index contributed by atoms with van der Waals surface area (Å²) >= 11 is 0. The Morgan fingerprint density at radius 1 is 1.00 bits per heavy atom. The number of likely N-dealkylation sites (tertiary alicyclic amines) is 1. The zero-order valence-electron chi connectivity index (χ0n) is 14.3. The average Bonchev–Trinajstić information content (AvgIpc) is 2.62. The summed E-state index contributed by atoms with van der Waals surface area (Å²) in [5, 5.41) is -0.318. The third kappa shape index (κ3) is 5.64. The fourth-order valence-corrected chi connectivity index (χ4v) is 4.82. The number of benzene rings is 1. The third-order valence-electron chi connectivity index (χ3n) is 4.58. The lowest BCUT2D eigenvalue weighted by molar-refractivity contribution is 0.232. The van der Waals surface area contributed by atoms with Crippen molar-refractivity contribution >= 4 is 34.7 Å². The van der Waals surface area contributed by atoms with Gasteiger partial charge >= 0.3 is 0 Å². The van der Waals surface area contributed by atoms with Crippen LogP contribution in [-0.2, 0) is 16.3 Å². The molecule has 1 aromatic carbocycles. The van der Waals surface area contributed by atoms with Crippen molar-refractivity contribution in [1.82, 2.24) is 9.88 Å². The molecule has 0 amide bonds. The maximum Gasteiger partial charge on any atom is 0.181 e. The molecule has 2 heterocycles. The van der Waals surface area contributed by atoms with E-state index in [1.165, 1.54) is 24.5 Å². The maximum absolute atomic E-state index is 12.9. The van der Waals surface area contributed by atoms with Crippen LogP contribution in [0.3, 0.4) is 0 Å². The number of nitrogens with zero attached hydrogens (tertiary/aromatic N) is 2. The van der Waals surface area contributed by atoms with Crippen molar-refractivity contribution in [2.24, 2.45) is 0 Å². The predicted molar refractivity (Wildman–Crippen MR) is 105 cm³/mol. The van der Waals surface area contributed by atoms with Crippen LogP contribution in [-0.4, -0.2) is 43.2 Å². The van der Waals surface area contributed by atoms with Gasteiger partial charge in [-0.1, -0.05) is 12.1 Å². The Hall–Kier alpha value is -1.21. The van der Waals surface area contributed by atoms with E-state index in [2.05, 4.69) is 9.88 Å². The van der Waals surface area contributed by atoms with Crippen LogP contribution >= 0.6 is 24.8 Å². The third-order valence-corrected chi connectivity index (χ3v) is 6.86. The van der Waals surface area contributed by atoms with Gasteiger partial charge in [0, 0.05) is 18.9 Å². The van der Waals surface area contributed by atoms with Gasteiger partial charge < -0.3 is 4.90 Å². The Labute approximate surface area is 166 Å². The monoisotopic (exact) mass is 420 g/mol. The molecule has 4 nitrogen and oxygen atoms in total. The lowest BCUT2D eigenvalue weighted by Gasteiger charge is -2.31. The van der Waals surface area contributed by atoms with Gasteiger partial charge in [-0.3, -0.25) is 4.98 Å². The summed E-state index contributed by atoms with van der Waals surface area (Å²) in [7, 11) is -3.27. The number of pyridine rings is 1. The number of hydrogen-bond donors (Lipinski definition) is 0. The normalized spacial score (nSPS) is 15.7. The highest BCUT2D eigenvalue weighted by Gasteiger charge is 2.31. The smallest absolute Gasteiger partial charge is 0.181 e. The van der Waals surface area contributed by atoms with Crippen LogP contribution < -0.4 is 0 Å². The SMILES string of the molecule is Cl.Cl.O=S(=O)(c1ccncc1)C1CCN(CCc2ccc(F)cc2)CC1. The first-order chi connectivity index (χ1) is 11.6. The molecule has 144 valence electrons. The van der Waals surface area contributed by atoms with E-state index in [-0.39, 0.29) is 35.9 Å². The van der Waals surface area contributed by atoms with Gasteiger partial charge in [0.1, 0.15) is 5.82 Å². The molecule has 0 N–H and O–H groups in total. The van der Waals surface area contributed by atoms with E-state index < -0.39 is 9.84 Å². The number of hydrogen-bond acceptors (Lipinski definition) is 4. The molecule has 1 saturated heterocycles. The zero-order chi connectivity index (χ0) is 17.0. The first-order valence-corrected chi connectivity index (χ1v) is 9.71. The van der Waals surface area contributed by atoms with Crippen LogP contribution in [0.15, 0.2) is 53.7 Å². The van der Waals surface area contributed by atoms with E-state index in [4.69, 9.17) is 0 Å². The molecule has 0 bridgehead atoms. The summed E-state index contributed by atoms with van der Waals surface area (Å²) in [6.07, 6.45) is 5.18. The molecule has 3 rings (SSSR count). The van der Waals surface area contributed by atoms with Gasteiger partial charge in [0.25, 0.3) is 0 Å². The van der Waals surface area contributed by atoms with E-state index in [9.17, 15) is 12.8 Å². The molecular weight excluding hydrogens is 398 g/mol. The summed E-state index contributed by atoms with van der Waals surface area (Å²) in [6.45, 7) is 2.42. The highest BCUT2D eigenvalue weighted by Crippen LogP contribution is 2.24. The number of aromatic nitrogens is 1. The Kier molecular flexibility index (Phi) is 8.96. The summed E-state index contributed by atoms with van der Waals surface area (Å²) in [6, 6.07) is 9.68. The maximum atomic E-state index is 12.9. The molecule has 0 aliphatic carbocycles. The molecule has 0 saturated carbocycles. The minimum absolute atomic E-state index is 0. The van der Waals surface area contributed by atoms with Gasteiger partial charge in [0.2, 0.25) is 0 Å². The van der Waals surface area contributed by atoms with E-state index in [0.717, 1.165) is 31.6 Å². The van der Waals surface area contributed by atoms with Crippen LogP contribution in [0, 0.1) is 5.82 Å². The summed E-state index contributed by atoms with van der Waals surface area (Å²) in [5.41, 5.74) is 1.10. The van der Waals surface area contributed by atoms with Crippen molar-refractivity contribution in [1.29, 1.82) is 0 Å². The van der Waals surface area contributed by atoms with Crippen molar-refractivity contribution in [3.63, 3.8) is 0 Å². The van der Waals surface area contributed by atoms with Crippen molar-refractivity contribution in [2.75, 3.05) is 19.6 Å². The van der Waals surface area contributed by atoms with Crippen molar-refractivity contribution in [3.8, 4) is 0 Å². The predicted octanol–water partition coefficient (Wildman–Crippen LogP) is 3.55. The quantitative estimate of drug-likeness (QED) is 0.741. The number of sulfone groups is 1. The van der Waals surface area contributed by atoms with E-state index in [0.29, 0.717) is 17.7 Å². The van der Waals surface area contributed by atoms with Crippen molar-refractivity contribution < 1.29 is 12.8 Å². The van der Waals surface area contributed by atoms with Crippen molar-refractivity contribution in [3.05, 3.63) is 60.2 Å². The van der Waals surface area contributed by atoms with Gasteiger partial charge in [-0.2, -0.15) is 0 Å². The van der Waals surface area contributed by atoms with E-state index in [1.807, 2.05) is 0 Å². The molecule has 1 aromatic heterocycles. The number of rotatable bonds is 5. The first-order valence-electron chi connectivity index (χ1n) is 8.16. The van der Waals surface area contributed by atoms with Gasteiger partial charge in [-0.05, 0) is 62.2 Å². The van der Waals surface area contributed by atoms with Crippen LogP contribution in [0.25, 0.3) is 0 Å².